The highest BCUT2D eigenvalue weighted by Gasteiger charge is 2.11. The van der Waals surface area contributed by atoms with Gasteiger partial charge in [0.05, 0.1) is 0 Å². The average molecular weight is 199 g/mol. The summed E-state index contributed by atoms with van der Waals surface area (Å²) in [5.74, 6) is 2.53. The van der Waals surface area contributed by atoms with Gasteiger partial charge in [0.1, 0.15) is 0 Å². The highest BCUT2D eigenvalue weighted by atomic mass is 14.9. The fourth-order valence-electron chi connectivity index (χ4n) is 1.63. The SMILES string of the molecule is CNC(C)C(C)CCCC(C)C(C)C. The van der Waals surface area contributed by atoms with Crippen molar-refractivity contribution in [1.29, 1.82) is 0 Å². The van der Waals surface area contributed by atoms with E-state index in [1.165, 1.54) is 19.3 Å². The lowest BCUT2D eigenvalue weighted by Gasteiger charge is -2.21. The summed E-state index contributed by atoms with van der Waals surface area (Å²) in [6.07, 6.45) is 4.13. The van der Waals surface area contributed by atoms with Gasteiger partial charge in [0.25, 0.3) is 0 Å². The van der Waals surface area contributed by atoms with Crippen LogP contribution >= 0.6 is 0 Å². The van der Waals surface area contributed by atoms with E-state index in [0.29, 0.717) is 6.04 Å². The Morgan fingerprint density at radius 1 is 0.857 bits per heavy atom. The molecule has 0 saturated heterocycles. The molecule has 3 atom stereocenters. The van der Waals surface area contributed by atoms with Gasteiger partial charge in [-0.3, -0.25) is 0 Å². The van der Waals surface area contributed by atoms with Gasteiger partial charge in [0.15, 0.2) is 0 Å². The molecule has 3 unspecified atom stereocenters. The Balaban J connectivity index is 3.53. The number of rotatable bonds is 7. The molecular formula is C13H29N. The zero-order valence-corrected chi connectivity index (χ0v) is 10.9. The first-order chi connectivity index (χ1) is 6.49. The van der Waals surface area contributed by atoms with Crippen LogP contribution in [-0.2, 0) is 0 Å². The quantitative estimate of drug-likeness (QED) is 0.659. The van der Waals surface area contributed by atoms with E-state index in [1.54, 1.807) is 0 Å². The number of hydrogen-bond acceptors (Lipinski definition) is 1. The van der Waals surface area contributed by atoms with E-state index in [9.17, 15) is 0 Å². The highest BCUT2D eigenvalue weighted by molar-refractivity contribution is 4.67. The molecule has 0 aromatic carbocycles. The largest absolute Gasteiger partial charge is 0.317 e. The van der Waals surface area contributed by atoms with E-state index in [4.69, 9.17) is 0 Å². The smallest absolute Gasteiger partial charge is 0.00613 e. The zero-order valence-electron chi connectivity index (χ0n) is 10.9. The minimum absolute atomic E-state index is 0.657. The van der Waals surface area contributed by atoms with E-state index in [-0.39, 0.29) is 0 Å². The maximum absolute atomic E-state index is 3.33. The molecule has 0 aromatic heterocycles. The summed E-state index contributed by atoms with van der Waals surface area (Å²) in [4.78, 5) is 0. The minimum atomic E-state index is 0.657. The molecule has 0 bridgehead atoms. The summed E-state index contributed by atoms with van der Waals surface area (Å²) in [5, 5.41) is 3.33. The Bertz CT molecular complexity index is 131. The topological polar surface area (TPSA) is 12.0 Å². The predicted molar refractivity (Wildman–Crippen MR) is 65.5 cm³/mol. The molecule has 0 saturated carbocycles. The predicted octanol–water partition coefficient (Wildman–Crippen LogP) is 3.69. The molecule has 0 heterocycles. The molecule has 0 aliphatic rings. The van der Waals surface area contributed by atoms with Gasteiger partial charge >= 0.3 is 0 Å². The van der Waals surface area contributed by atoms with Crippen LogP contribution in [0.1, 0.15) is 53.9 Å². The van der Waals surface area contributed by atoms with Crippen molar-refractivity contribution in [2.45, 2.75) is 59.9 Å². The van der Waals surface area contributed by atoms with Crippen LogP contribution in [0.4, 0.5) is 0 Å². The van der Waals surface area contributed by atoms with Gasteiger partial charge in [-0.15, -0.1) is 0 Å². The third-order valence-corrected chi connectivity index (χ3v) is 3.77. The molecule has 1 heteroatoms. The average Bonchev–Trinajstić information content (AvgIpc) is 2.15. The summed E-state index contributed by atoms with van der Waals surface area (Å²) < 4.78 is 0. The third-order valence-electron chi connectivity index (χ3n) is 3.77. The molecular weight excluding hydrogens is 170 g/mol. The van der Waals surface area contributed by atoms with Crippen LogP contribution in [0.15, 0.2) is 0 Å². The van der Waals surface area contributed by atoms with Crippen LogP contribution in [0.25, 0.3) is 0 Å². The standard InChI is InChI=1S/C13H29N/c1-10(2)11(3)8-7-9-12(4)13(5)14-6/h10-14H,7-9H2,1-6H3. The van der Waals surface area contributed by atoms with Crippen molar-refractivity contribution in [3.63, 3.8) is 0 Å². The number of hydrogen-bond donors (Lipinski definition) is 1. The normalized spacial score (nSPS) is 18.2. The Morgan fingerprint density at radius 2 is 1.36 bits per heavy atom. The summed E-state index contributed by atoms with van der Waals surface area (Å²) in [7, 11) is 2.05. The molecule has 86 valence electrons. The second kappa shape index (κ2) is 7.28. The van der Waals surface area contributed by atoms with Gasteiger partial charge < -0.3 is 5.32 Å². The lowest BCUT2D eigenvalue weighted by Crippen LogP contribution is -2.28. The zero-order chi connectivity index (χ0) is 11.1. The van der Waals surface area contributed by atoms with E-state index < -0.39 is 0 Å². The van der Waals surface area contributed by atoms with E-state index in [2.05, 4.69) is 47.0 Å². The summed E-state index contributed by atoms with van der Waals surface area (Å²) in [5.41, 5.74) is 0. The summed E-state index contributed by atoms with van der Waals surface area (Å²) >= 11 is 0. The fourth-order valence-corrected chi connectivity index (χ4v) is 1.63. The van der Waals surface area contributed by atoms with Gasteiger partial charge in [-0.2, -0.15) is 0 Å². The Kier molecular flexibility index (Phi) is 7.26. The molecule has 1 N–H and O–H groups in total. The number of nitrogens with one attached hydrogen (secondary N) is 1. The molecule has 0 aliphatic heterocycles. The van der Waals surface area contributed by atoms with Crippen molar-refractivity contribution in [2.75, 3.05) is 7.05 Å². The first-order valence-corrected chi connectivity index (χ1v) is 6.16. The maximum atomic E-state index is 3.33. The molecule has 0 radical (unpaired) electrons. The highest BCUT2D eigenvalue weighted by Crippen LogP contribution is 2.20. The molecule has 0 spiro atoms. The summed E-state index contributed by atoms with van der Waals surface area (Å²) in [6, 6.07) is 0.657. The van der Waals surface area contributed by atoms with E-state index in [0.717, 1.165) is 17.8 Å². The van der Waals surface area contributed by atoms with Gasteiger partial charge in [0.2, 0.25) is 0 Å². The fraction of sp³-hybridized carbons (Fsp3) is 1.00. The molecule has 14 heavy (non-hydrogen) atoms. The van der Waals surface area contributed by atoms with Gasteiger partial charge in [-0.25, -0.2) is 0 Å². The van der Waals surface area contributed by atoms with Gasteiger partial charge in [-0.05, 0) is 38.1 Å². The second-order valence-corrected chi connectivity index (χ2v) is 5.21. The van der Waals surface area contributed by atoms with Crippen molar-refractivity contribution >= 4 is 0 Å². The van der Waals surface area contributed by atoms with Crippen molar-refractivity contribution in [3.8, 4) is 0 Å². The second-order valence-electron chi connectivity index (χ2n) is 5.21. The van der Waals surface area contributed by atoms with E-state index >= 15 is 0 Å². The summed E-state index contributed by atoms with van der Waals surface area (Å²) in [6.45, 7) is 11.6. The van der Waals surface area contributed by atoms with Crippen molar-refractivity contribution in [3.05, 3.63) is 0 Å². The van der Waals surface area contributed by atoms with Crippen LogP contribution in [0.3, 0.4) is 0 Å². The lowest BCUT2D eigenvalue weighted by molar-refractivity contribution is 0.337. The van der Waals surface area contributed by atoms with Crippen LogP contribution < -0.4 is 5.32 Å². The molecule has 0 rings (SSSR count). The Hall–Kier alpha value is -0.0400. The van der Waals surface area contributed by atoms with Crippen molar-refractivity contribution in [1.82, 2.24) is 5.32 Å². The van der Waals surface area contributed by atoms with Crippen LogP contribution in [0, 0.1) is 17.8 Å². The molecule has 0 aromatic rings. The van der Waals surface area contributed by atoms with Crippen molar-refractivity contribution < 1.29 is 0 Å². The monoisotopic (exact) mass is 199 g/mol. The van der Waals surface area contributed by atoms with Crippen LogP contribution in [0.5, 0.6) is 0 Å². The van der Waals surface area contributed by atoms with Gasteiger partial charge in [0, 0.05) is 6.04 Å². The van der Waals surface area contributed by atoms with Crippen molar-refractivity contribution in [2.24, 2.45) is 17.8 Å². The molecule has 0 aliphatic carbocycles. The first-order valence-electron chi connectivity index (χ1n) is 6.16. The molecule has 1 nitrogen and oxygen atoms in total. The third kappa shape index (κ3) is 5.64. The Labute approximate surface area is 90.7 Å². The molecule has 0 fully saturated rings. The van der Waals surface area contributed by atoms with E-state index in [1.807, 2.05) is 0 Å². The van der Waals surface area contributed by atoms with Crippen LogP contribution in [-0.4, -0.2) is 13.1 Å². The lowest BCUT2D eigenvalue weighted by atomic mass is 9.89. The first kappa shape index (κ1) is 14.0. The van der Waals surface area contributed by atoms with Crippen LogP contribution in [0.2, 0.25) is 0 Å². The minimum Gasteiger partial charge on any atom is -0.317 e. The maximum Gasteiger partial charge on any atom is 0.00613 e. The van der Waals surface area contributed by atoms with Gasteiger partial charge in [-0.1, -0.05) is 40.5 Å². The Morgan fingerprint density at radius 3 is 1.79 bits per heavy atom. The molecule has 0 amide bonds.